The number of anilines is 1. The Kier molecular flexibility index (Phi) is 3.18. The normalized spacial score (nSPS) is 11.7. The summed E-state index contributed by atoms with van der Waals surface area (Å²) in [7, 11) is 0. The lowest BCUT2D eigenvalue weighted by Gasteiger charge is -1.99. The highest BCUT2D eigenvalue weighted by Crippen LogP contribution is 2.14. The number of para-hydroxylation sites is 2. The molecule has 0 aliphatic carbocycles. The summed E-state index contributed by atoms with van der Waals surface area (Å²) >= 11 is 1.42. The van der Waals surface area contributed by atoms with Gasteiger partial charge in [-0.1, -0.05) is 12.1 Å². The molecular formula is C13H10N4O2S. The first-order valence-electron chi connectivity index (χ1n) is 5.78. The van der Waals surface area contributed by atoms with E-state index in [0.717, 1.165) is 11.0 Å². The molecule has 20 heavy (non-hydrogen) atoms. The maximum absolute atomic E-state index is 11.2. The van der Waals surface area contributed by atoms with Crippen LogP contribution < -0.4 is 5.43 Å². The molecule has 100 valence electrons. The number of carboxylic acid groups (broad SMARTS) is 1. The Balaban J connectivity index is 1.89. The van der Waals surface area contributed by atoms with Gasteiger partial charge in [0.05, 0.1) is 11.0 Å². The molecule has 0 fully saturated rings. The van der Waals surface area contributed by atoms with Gasteiger partial charge in [-0.15, -0.1) is 0 Å². The second-order valence-electron chi connectivity index (χ2n) is 3.99. The Hall–Kier alpha value is -2.67. The first-order valence-corrected chi connectivity index (χ1v) is 6.72. The number of nitrogens with one attached hydrogen (secondary N) is 2. The predicted octanol–water partition coefficient (Wildman–Crippen LogP) is 2.53. The van der Waals surface area contributed by atoms with E-state index in [-0.39, 0.29) is 5.71 Å². The fourth-order valence-electron chi connectivity index (χ4n) is 1.75. The van der Waals surface area contributed by atoms with Crippen molar-refractivity contribution in [3.63, 3.8) is 0 Å². The number of fused-ring (bicyclic) bond motifs is 1. The van der Waals surface area contributed by atoms with Gasteiger partial charge in [0, 0.05) is 10.9 Å². The second kappa shape index (κ2) is 5.14. The highest BCUT2D eigenvalue weighted by Gasteiger charge is 2.13. The van der Waals surface area contributed by atoms with Gasteiger partial charge in [0.1, 0.15) is 0 Å². The summed E-state index contributed by atoms with van der Waals surface area (Å²) in [6.45, 7) is 0. The van der Waals surface area contributed by atoms with Gasteiger partial charge in [0.2, 0.25) is 5.95 Å². The number of H-pyrrole nitrogens is 1. The molecule has 0 bridgehead atoms. The minimum Gasteiger partial charge on any atom is -0.476 e. The minimum absolute atomic E-state index is 0.0493. The summed E-state index contributed by atoms with van der Waals surface area (Å²) in [4.78, 5) is 18.5. The molecule has 0 aliphatic heterocycles. The maximum atomic E-state index is 11.2. The average molecular weight is 286 g/mol. The summed E-state index contributed by atoms with van der Waals surface area (Å²) < 4.78 is 0. The van der Waals surface area contributed by atoms with Gasteiger partial charge in [0.25, 0.3) is 0 Å². The zero-order chi connectivity index (χ0) is 13.9. The largest absolute Gasteiger partial charge is 0.476 e. The number of imidazole rings is 1. The van der Waals surface area contributed by atoms with Crippen molar-refractivity contribution in [3.05, 3.63) is 46.7 Å². The van der Waals surface area contributed by atoms with Crippen molar-refractivity contribution >= 4 is 40.0 Å². The number of hydrazone groups is 1. The molecule has 2 heterocycles. The predicted molar refractivity (Wildman–Crippen MR) is 78.2 cm³/mol. The molecule has 0 atom stereocenters. The maximum Gasteiger partial charge on any atom is 0.356 e. The quantitative estimate of drug-likeness (QED) is 0.508. The van der Waals surface area contributed by atoms with E-state index in [2.05, 4.69) is 20.5 Å². The standard InChI is InChI=1S/C13H10N4O2S/c18-12(19)11(8-5-6-20-7-8)16-17-13-14-9-3-1-2-4-10(9)15-13/h1-7H,(H,18,19)(H2,14,15,17)/b16-11-. The highest BCUT2D eigenvalue weighted by atomic mass is 32.1. The fourth-order valence-corrected chi connectivity index (χ4v) is 2.39. The molecule has 6 nitrogen and oxygen atoms in total. The lowest BCUT2D eigenvalue weighted by Crippen LogP contribution is -2.15. The van der Waals surface area contributed by atoms with Crippen LogP contribution in [-0.4, -0.2) is 26.8 Å². The highest BCUT2D eigenvalue weighted by molar-refractivity contribution is 7.08. The zero-order valence-corrected chi connectivity index (χ0v) is 11.0. The molecule has 3 aromatic rings. The number of nitrogens with zero attached hydrogens (tertiary/aromatic N) is 2. The van der Waals surface area contributed by atoms with Crippen LogP contribution in [-0.2, 0) is 4.79 Å². The first-order chi connectivity index (χ1) is 9.74. The molecule has 3 N–H and O–H groups in total. The van der Waals surface area contributed by atoms with E-state index in [1.54, 1.807) is 16.8 Å². The van der Waals surface area contributed by atoms with Gasteiger partial charge in [-0.25, -0.2) is 15.2 Å². The van der Waals surface area contributed by atoms with Crippen LogP contribution in [0.4, 0.5) is 5.95 Å². The van der Waals surface area contributed by atoms with Crippen LogP contribution >= 0.6 is 11.3 Å². The van der Waals surface area contributed by atoms with Crippen LogP contribution in [0.3, 0.4) is 0 Å². The Bertz CT molecular complexity index is 744. The summed E-state index contributed by atoms with van der Waals surface area (Å²) in [6.07, 6.45) is 0. The van der Waals surface area contributed by atoms with Crippen LogP contribution in [0.1, 0.15) is 5.56 Å². The topological polar surface area (TPSA) is 90.4 Å². The Morgan fingerprint density at radius 3 is 2.90 bits per heavy atom. The van der Waals surface area contributed by atoms with Crippen molar-refractivity contribution in [3.8, 4) is 0 Å². The number of carbonyl (C=O) groups is 1. The molecule has 3 rings (SSSR count). The van der Waals surface area contributed by atoms with E-state index in [1.807, 2.05) is 24.3 Å². The fraction of sp³-hybridized carbons (Fsp3) is 0. The number of hydrogen-bond acceptors (Lipinski definition) is 5. The molecule has 0 saturated heterocycles. The Labute approximate surface area is 117 Å². The molecule has 0 unspecified atom stereocenters. The van der Waals surface area contributed by atoms with Crippen molar-refractivity contribution in [2.45, 2.75) is 0 Å². The first kappa shape index (κ1) is 12.4. The van der Waals surface area contributed by atoms with Gasteiger partial charge in [-0.2, -0.15) is 16.4 Å². The van der Waals surface area contributed by atoms with E-state index < -0.39 is 5.97 Å². The lowest BCUT2D eigenvalue weighted by molar-refractivity contribution is -0.129. The van der Waals surface area contributed by atoms with Crippen LogP contribution in [0.5, 0.6) is 0 Å². The number of carboxylic acids is 1. The average Bonchev–Trinajstić information content (AvgIpc) is 3.06. The SMILES string of the molecule is O=C(O)/C(=N\Nc1nc2ccccc2[nH]1)c1ccsc1. The number of aliphatic carboxylic acids is 1. The summed E-state index contributed by atoms with van der Waals surface area (Å²) in [5.74, 6) is -0.688. The van der Waals surface area contributed by atoms with E-state index >= 15 is 0 Å². The number of thiophene rings is 1. The van der Waals surface area contributed by atoms with E-state index in [1.165, 1.54) is 11.3 Å². The summed E-state index contributed by atoms with van der Waals surface area (Å²) in [6, 6.07) is 9.22. The number of rotatable bonds is 4. The lowest BCUT2D eigenvalue weighted by atomic mass is 10.2. The van der Waals surface area contributed by atoms with Gasteiger partial charge >= 0.3 is 5.97 Å². The number of benzene rings is 1. The van der Waals surface area contributed by atoms with E-state index in [4.69, 9.17) is 5.11 Å². The second-order valence-corrected chi connectivity index (χ2v) is 4.77. The van der Waals surface area contributed by atoms with Gasteiger partial charge < -0.3 is 10.1 Å². The van der Waals surface area contributed by atoms with Gasteiger partial charge in [0.15, 0.2) is 5.71 Å². The molecule has 0 amide bonds. The molecule has 0 spiro atoms. The molecular weight excluding hydrogens is 276 g/mol. The van der Waals surface area contributed by atoms with Crippen LogP contribution in [0.25, 0.3) is 11.0 Å². The smallest absolute Gasteiger partial charge is 0.356 e. The number of aromatic nitrogens is 2. The van der Waals surface area contributed by atoms with Gasteiger partial charge in [-0.05, 0) is 23.6 Å². The molecule has 0 saturated carbocycles. The van der Waals surface area contributed by atoms with Crippen molar-refractivity contribution in [2.24, 2.45) is 5.10 Å². The third-order valence-corrected chi connectivity index (χ3v) is 3.34. The summed E-state index contributed by atoms with van der Waals surface area (Å²) in [5, 5.41) is 16.6. The Morgan fingerprint density at radius 2 is 2.20 bits per heavy atom. The van der Waals surface area contributed by atoms with Crippen LogP contribution in [0.2, 0.25) is 0 Å². The van der Waals surface area contributed by atoms with Crippen molar-refractivity contribution in [1.82, 2.24) is 9.97 Å². The van der Waals surface area contributed by atoms with Crippen molar-refractivity contribution < 1.29 is 9.90 Å². The zero-order valence-electron chi connectivity index (χ0n) is 10.2. The van der Waals surface area contributed by atoms with Crippen LogP contribution in [0, 0.1) is 0 Å². The molecule has 0 radical (unpaired) electrons. The third kappa shape index (κ3) is 2.39. The van der Waals surface area contributed by atoms with Crippen molar-refractivity contribution in [1.29, 1.82) is 0 Å². The van der Waals surface area contributed by atoms with Gasteiger partial charge in [-0.3, -0.25) is 0 Å². The molecule has 1 aromatic carbocycles. The molecule has 2 aromatic heterocycles. The third-order valence-electron chi connectivity index (χ3n) is 2.66. The minimum atomic E-state index is -1.09. The van der Waals surface area contributed by atoms with E-state index in [9.17, 15) is 4.79 Å². The number of hydrogen-bond donors (Lipinski definition) is 3. The van der Waals surface area contributed by atoms with Crippen molar-refractivity contribution in [2.75, 3.05) is 5.43 Å². The Morgan fingerprint density at radius 1 is 1.35 bits per heavy atom. The number of aromatic amines is 1. The summed E-state index contributed by atoms with van der Waals surface area (Å²) in [5.41, 5.74) is 4.81. The van der Waals surface area contributed by atoms with Crippen LogP contribution in [0.15, 0.2) is 46.2 Å². The molecule has 0 aliphatic rings. The van der Waals surface area contributed by atoms with E-state index in [0.29, 0.717) is 11.5 Å². The monoisotopic (exact) mass is 286 g/mol. The molecule has 7 heteroatoms.